The first-order chi connectivity index (χ1) is 7.24. The fourth-order valence-corrected chi connectivity index (χ4v) is 1.27. The van der Waals surface area contributed by atoms with Gasteiger partial charge < -0.3 is 10.6 Å². The lowest BCUT2D eigenvalue weighted by Crippen LogP contribution is -2.38. The average molecular weight is 280 g/mol. The Kier molecular flexibility index (Phi) is 11.2. The first-order valence-corrected chi connectivity index (χ1v) is 5.15. The quantitative estimate of drug-likeness (QED) is 0.862. The predicted molar refractivity (Wildman–Crippen MR) is 74.2 cm³/mol. The van der Waals surface area contributed by atoms with Crippen molar-refractivity contribution in [2.75, 3.05) is 13.1 Å². The van der Waals surface area contributed by atoms with Gasteiger partial charge in [0.25, 0.3) is 5.91 Å². The van der Waals surface area contributed by atoms with Crippen LogP contribution in [0.2, 0.25) is 0 Å². The summed E-state index contributed by atoms with van der Waals surface area (Å²) in [5, 5.41) is 6.08. The number of halogens is 2. The molecule has 1 atom stereocenters. The summed E-state index contributed by atoms with van der Waals surface area (Å²) in [7, 11) is 0. The molecule has 0 bridgehead atoms. The summed E-state index contributed by atoms with van der Waals surface area (Å²) < 4.78 is 0. The molecule has 0 aliphatic rings. The van der Waals surface area contributed by atoms with Gasteiger partial charge in [-0.3, -0.25) is 9.78 Å². The van der Waals surface area contributed by atoms with Gasteiger partial charge in [0, 0.05) is 30.5 Å². The number of rotatable bonds is 5. The molecule has 0 spiro atoms. The van der Waals surface area contributed by atoms with Crippen LogP contribution in [0.5, 0.6) is 0 Å². The molecule has 17 heavy (non-hydrogen) atoms. The minimum atomic E-state index is -0.0536. The van der Waals surface area contributed by atoms with Gasteiger partial charge in [-0.1, -0.05) is 6.92 Å². The monoisotopic (exact) mass is 279 g/mol. The number of likely N-dealkylation sites (N-methyl/N-ethyl adjacent to an activating group) is 1. The standard InChI is InChI=1S/C11H17N3O.2ClH/c1-3-13-9(2)8-14-11(15)10-4-6-12-7-5-10;;/h4-7,9,13H,3,8H2,1-2H3,(H,14,15);2*1H/t9-;;/m1../s1. The third kappa shape index (κ3) is 7.15. The van der Waals surface area contributed by atoms with E-state index in [1.54, 1.807) is 24.5 Å². The molecule has 2 N–H and O–H groups in total. The lowest BCUT2D eigenvalue weighted by molar-refractivity contribution is 0.0950. The largest absolute Gasteiger partial charge is 0.350 e. The van der Waals surface area contributed by atoms with Crippen molar-refractivity contribution in [1.29, 1.82) is 0 Å². The van der Waals surface area contributed by atoms with E-state index in [9.17, 15) is 4.79 Å². The summed E-state index contributed by atoms with van der Waals surface area (Å²) >= 11 is 0. The zero-order valence-corrected chi connectivity index (χ0v) is 11.6. The fraction of sp³-hybridized carbons (Fsp3) is 0.455. The lowest BCUT2D eigenvalue weighted by atomic mass is 10.2. The highest BCUT2D eigenvalue weighted by Gasteiger charge is 2.05. The second kappa shape index (κ2) is 10.3. The maximum Gasteiger partial charge on any atom is 0.251 e. The summed E-state index contributed by atoms with van der Waals surface area (Å²) in [5.41, 5.74) is 0.647. The van der Waals surface area contributed by atoms with E-state index in [1.165, 1.54) is 0 Å². The maximum absolute atomic E-state index is 11.6. The number of amides is 1. The zero-order chi connectivity index (χ0) is 11.1. The molecule has 98 valence electrons. The van der Waals surface area contributed by atoms with Crippen molar-refractivity contribution in [2.24, 2.45) is 0 Å². The molecule has 4 nitrogen and oxygen atoms in total. The molecular formula is C11H19Cl2N3O. The molecular weight excluding hydrogens is 261 g/mol. The van der Waals surface area contributed by atoms with Gasteiger partial charge in [0.05, 0.1) is 0 Å². The number of aromatic nitrogens is 1. The molecule has 0 aromatic carbocycles. The van der Waals surface area contributed by atoms with Gasteiger partial charge in [0.1, 0.15) is 0 Å². The molecule has 1 aromatic heterocycles. The lowest BCUT2D eigenvalue weighted by Gasteiger charge is -2.12. The number of hydrogen-bond acceptors (Lipinski definition) is 3. The van der Waals surface area contributed by atoms with Gasteiger partial charge in [0.15, 0.2) is 0 Å². The smallest absolute Gasteiger partial charge is 0.251 e. The van der Waals surface area contributed by atoms with Crippen LogP contribution >= 0.6 is 24.8 Å². The van der Waals surface area contributed by atoms with Crippen LogP contribution < -0.4 is 10.6 Å². The SMILES string of the molecule is CCN[C@H](C)CNC(=O)c1ccncc1.Cl.Cl. The predicted octanol–water partition coefficient (Wildman–Crippen LogP) is 1.65. The Balaban J connectivity index is 0. The van der Waals surface area contributed by atoms with Gasteiger partial charge in [-0.25, -0.2) is 0 Å². The van der Waals surface area contributed by atoms with Crippen molar-refractivity contribution < 1.29 is 4.79 Å². The Morgan fingerprint density at radius 2 is 1.94 bits per heavy atom. The van der Waals surface area contributed by atoms with Crippen LogP contribution in [-0.4, -0.2) is 30.0 Å². The fourth-order valence-electron chi connectivity index (χ4n) is 1.27. The molecule has 0 saturated carbocycles. The van der Waals surface area contributed by atoms with Crippen molar-refractivity contribution in [3.63, 3.8) is 0 Å². The first-order valence-electron chi connectivity index (χ1n) is 5.15. The molecule has 0 fully saturated rings. The van der Waals surface area contributed by atoms with E-state index in [4.69, 9.17) is 0 Å². The molecule has 1 heterocycles. The molecule has 0 saturated heterocycles. The summed E-state index contributed by atoms with van der Waals surface area (Å²) in [6, 6.07) is 3.70. The zero-order valence-electron chi connectivity index (χ0n) is 9.97. The average Bonchev–Trinajstić information content (AvgIpc) is 2.27. The molecule has 0 radical (unpaired) electrons. The van der Waals surface area contributed by atoms with Gasteiger partial charge in [-0.2, -0.15) is 0 Å². The Bertz CT molecular complexity index is 309. The summed E-state index contributed by atoms with van der Waals surface area (Å²) in [4.78, 5) is 15.4. The maximum atomic E-state index is 11.6. The highest BCUT2D eigenvalue weighted by Crippen LogP contribution is 1.95. The van der Waals surface area contributed by atoms with E-state index < -0.39 is 0 Å². The van der Waals surface area contributed by atoms with Crippen molar-refractivity contribution >= 4 is 30.7 Å². The molecule has 1 rings (SSSR count). The van der Waals surface area contributed by atoms with Crippen molar-refractivity contribution in [2.45, 2.75) is 19.9 Å². The van der Waals surface area contributed by atoms with E-state index in [0.717, 1.165) is 6.54 Å². The van der Waals surface area contributed by atoms with E-state index in [2.05, 4.69) is 15.6 Å². The van der Waals surface area contributed by atoms with Gasteiger partial charge in [-0.05, 0) is 25.6 Å². The van der Waals surface area contributed by atoms with Gasteiger partial charge in [0.2, 0.25) is 0 Å². The topological polar surface area (TPSA) is 54.0 Å². The first kappa shape index (κ1) is 18.5. The second-order valence-electron chi connectivity index (χ2n) is 3.40. The highest BCUT2D eigenvalue weighted by atomic mass is 35.5. The molecule has 0 aliphatic carbocycles. The van der Waals surface area contributed by atoms with Crippen LogP contribution in [0.25, 0.3) is 0 Å². The second-order valence-corrected chi connectivity index (χ2v) is 3.40. The Hall–Kier alpha value is -0.840. The number of pyridine rings is 1. The summed E-state index contributed by atoms with van der Waals surface area (Å²) in [5.74, 6) is -0.0536. The number of hydrogen-bond donors (Lipinski definition) is 2. The normalized spacial score (nSPS) is 10.7. The number of nitrogens with one attached hydrogen (secondary N) is 2. The van der Waals surface area contributed by atoms with E-state index in [0.29, 0.717) is 18.2 Å². The molecule has 6 heteroatoms. The van der Waals surface area contributed by atoms with Crippen molar-refractivity contribution in [1.82, 2.24) is 15.6 Å². The van der Waals surface area contributed by atoms with E-state index in [-0.39, 0.29) is 30.7 Å². The van der Waals surface area contributed by atoms with E-state index in [1.807, 2.05) is 13.8 Å². The number of carbonyl (C=O) groups is 1. The van der Waals surface area contributed by atoms with Gasteiger partial charge in [-0.15, -0.1) is 24.8 Å². The summed E-state index contributed by atoms with van der Waals surface area (Å²) in [6.07, 6.45) is 3.23. The summed E-state index contributed by atoms with van der Waals surface area (Å²) in [6.45, 7) is 5.62. The molecule has 1 amide bonds. The molecule has 0 unspecified atom stereocenters. The van der Waals surface area contributed by atoms with Crippen LogP contribution in [0.3, 0.4) is 0 Å². The highest BCUT2D eigenvalue weighted by molar-refractivity contribution is 5.93. The van der Waals surface area contributed by atoms with Crippen LogP contribution in [0, 0.1) is 0 Å². The van der Waals surface area contributed by atoms with Crippen LogP contribution in [0.1, 0.15) is 24.2 Å². The van der Waals surface area contributed by atoms with Crippen LogP contribution in [-0.2, 0) is 0 Å². The Labute approximate surface area is 114 Å². The minimum Gasteiger partial charge on any atom is -0.350 e. The molecule has 0 aliphatic heterocycles. The molecule has 1 aromatic rings. The minimum absolute atomic E-state index is 0. The van der Waals surface area contributed by atoms with Crippen LogP contribution in [0.4, 0.5) is 0 Å². The van der Waals surface area contributed by atoms with Crippen molar-refractivity contribution in [3.05, 3.63) is 30.1 Å². The third-order valence-corrected chi connectivity index (χ3v) is 2.06. The van der Waals surface area contributed by atoms with Crippen molar-refractivity contribution in [3.8, 4) is 0 Å². The number of nitrogens with zero attached hydrogens (tertiary/aromatic N) is 1. The third-order valence-electron chi connectivity index (χ3n) is 2.06. The van der Waals surface area contributed by atoms with E-state index >= 15 is 0 Å². The van der Waals surface area contributed by atoms with Crippen LogP contribution in [0.15, 0.2) is 24.5 Å². The Morgan fingerprint density at radius 1 is 1.35 bits per heavy atom. The van der Waals surface area contributed by atoms with Gasteiger partial charge >= 0.3 is 0 Å². The number of carbonyl (C=O) groups excluding carboxylic acids is 1. The Morgan fingerprint density at radius 3 is 2.47 bits per heavy atom.